The normalized spacial score (nSPS) is 19.5. The second kappa shape index (κ2) is 7.48. The van der Waals surface area contributed by atoms with Crippen molar-refractivity contribution in [3.8, 4) is 0 Å². The van der Waals surface area contributed by atoms with Crippen molar-refractivity contribution in [3.05, 3.63) is 59.1 Å². The lowest BCUT2D eigenvalue weighted by Gasteiger charge is -2.20. The summed E-state index contributed by atoms with van der Waals surface area (Å²) >= 11 is 0. The fraction of sp³-hybridized carbons (Fsp3) is 0.381. The van der Waals surface area contributed by atoms with Crippen molar-refractivity contribution in [2.75, 3.05) is 13.2 Å². The molecule has 1 saturated heterocycles. The molecule has 0 radical (unpaired) electrons. The number of ether oxygens (including phenoxy) is 1. The lowest BCUT2D eigenvalue weighted by molar-refractivity contribution is -0.121. The van der Waals surface area contributed by atoms with Gasteiger partial charge in [-0.05, 0) is 38.0 Å². The average Bonchev–Trinajstić information content (AvgIpc) is 3.23. The summed E-state index contributed by atoms with van der Waals surface area (Å²) < 4.78 is 10.8. The fourth-order valence-electron chi connectivity index (χ4n) is 3.75. The zero-order valence-corrected chi connectivity index (χ0v) is 15.6. The van der Waals surface area contributed by atoms with Crippen molar-refractivity contribution in [1.29, 1.82) is 0 Å². The highest BCUT2D eigenvalue weighted by Crippen LogP contribution is 2.24. The first-order valence-corrected chi connectivity index (χ1v) is 9.23. The number of carbonyl (C=O) groups is 1. The summed E-state index contributed by atoms with van der Waals surface area (Å²) in [6.07, 6.45) is 2.97. The molecule has 0 saturated carbocycles. The number of fused-ring (bicyclic) bond motifs is 1. The van der Waals surface area contributed by atoms with Gasteiger partial charge in [0.2, 0.25) is 5.91 Å². The summed E-state index contributed by atoms with van der Waals surface area (Å²) in [5, 5.41) is 8.22. The van der Waals surface area contributed by atoms with Crippen LogP contribution in [0.15, 0.2) is 41.1 Å². The summed E-state index contributed by atoms with van der Waals surface area (Å²) in [5.74, 6) is 0.916. The Labute approximate surface area is 157 Å². The van der Waals surface area contributed by atoms with Gasteiger partial charge >= 0.3 is 0 Å². The number of aromatic nitrogens is 2. The van der Waals surface area contributed by atoms with E-state index in [1.807, 2.05) is 38.2 Å². The maximum atomic E-state index is 12.5. The second-order valence-electron chi connectivity index (χ2n) is 7.14. The lowest BCUT2D eigenvalue weighted by atomic mass is 9.93. The van der Waals surface area contributed by atoms with E-state index in [4.69, 9.17) is 9.26 Å². The SMILES string of the molecule is Cc1noc(C)c1CC(=O)N[C@@H]1COC[C@H]1Cc1ccnc2ccccc12. The molecule has 1 fully saturated rings. The molecule has 2 atom stereocenters. The number of nitrogens with zero attached hydrogens (tertiary/aromatic N) is 2. The molecule has 3 aromatic rings. The predicted octanol–water partition coefficient (Wildman–Crippen LogP) is 2.76. The Hall–Kier alpha value is -2.73. The molecule has 2 aromatic heterocycles. The minimum absolute atomic E-state index is 0.00454. The highest BCUT2D eigenvalue weighted by molar-refractivity contribution is 5.82. The zero-order chi connectivity index (χ0) is 18.8. The smallest absolute Gasteiger partial charge is 0.224 e. The molecule has 27 heavy (non-hydrogen) atoms. The molecule has 1 amide bonds. The number of pyridine rings is 1. The maximum absolute atomic E-state index is 12.5. The molecule has 140 valence electrons. The number of para-hydroxylation sites is 1. The Kier molecular flexibility index (Phi) is 4.90. The first-order valence-electron chi connectivity index (χ1n) is 9.23. The third kappa shape index (κ3) is 3.71. The van der Waals surface area contributed by atoms with Crippen LogP contribution >= 0.6 is 0 Å². The Morgan fingerprint density at radius 2 is 2.07 bits per heavy atom. The van der Waals surface area contributed by atoms with Crippen molar-refractivity contribution in [2.45, 2.75) is 32.7 Å². The Balaban J connectivity index is 1.45. The minimum atomic E-state index is -0.0236. The zero-order valence-electron chi connectivity index (χ0n) is 15.6. The van der Waals surface area contributed by atoms with Crippen LogP contribution in [0.5, 0.6) is 0 Å². The number of hydrogen-bond acceptors (Lipinski definition) is 5. The second-order valence-corrected chi connectivity index (χ2v) is 7.14. The standard InChI is InChI=1S/C21H23N3O3/c1-13-18(14(2)27-24-13)10-21(25)23-20-12-26-11-16(20)9-15-7-8-22-19-6-4-3-5-17(15)19/h3-8,16,20H,9-12H2,1-2H3,(H,23,25)/t16-,20-/m1/s1. The third-order valence-electron chi connectivity index (χ3n) is 5.28. The topological polar surface area (TPSA) is 77.2 Å². The maximum Gasteiger partial charge on any atom is 0.224 e. The van der Waals surface area contributed by atoms with E-state index < -0.39 is 0 Å². The number of aryl methyl sites for hydroxylation is 2. The highest BCUT2D eigenvalue weighted by atomic mass is 16.5. The van der Waals surface area contributed by atoms with E-state index in [-0.39, 0.29) is 24.3 Å². The van der Waals surface area contributed by atoms with Crippen LogP contribution < -0.4 is 5.32 Å². The summed E-state index contributed by atoms with van der Waals surface area (Å²) in [5.41, 5.74) is 3.86. The van der Waals surface area contributed by atoms with E-state index in [0.717, 1.165) is 28.6 Å². The molecule has 6 heteroatoms. The monoisotopic (exact) mass is 365 g/mol. The van der Waals surface area contributed by atoms with E-state index in [0.29, 0.717) is 19.0 Å². The number of nitrogens with one attached hydrogen (secondary N) is 1. The van der Waals surface area contributed by atoms with Crippen LogP contribution in [0.3, 0.4) is 0 Å². The van der Waals surface area contributed by atoms with E-state index in [1.54, 1.807) is 0 Å². The minimum Gasteiger partial charge on any atom is -0.379 e. The van der Waals surface area contributed by atoms with Gasteiger partial charge in [-0.15, -0.1) is 0 Å². The van der Waals surface area contributed by atoms with Gasteiger partial charge in [0.05, 0.1) is 36.9 Å². The third-order valence-corrected chi connectivity index (χ3v) is 5.28. The molecule has 1 aliphatic rings. The van der Waals surface area contributed by atoms with Gasteiger partial charge in [-0.1, -0.05) is 23.4 Å². The van der Waals surface area contributed by atoms with Crippen LogP contribution in [-0.4, -0.2) is 35.3 Å². The first-order chi connectivity index (χ1) is 13.1. The molecule has 1 aliphatic heterocycles. The molecule has 0 spiro atoms. The van der Waals surface area contributed by atoms with Gasteiger partial charge in [-0.2, -0.15) is 0 Å². The number of benzene rings is 1. The van der Waals surface area contributed by atoms with Crippen LogP contribution in [0.4, 0.5) is 0 Å². The van der Waals surface area contributed by atoms with Gasteiger partial charge in [0.15, 0.2) is 0 Å². The Bertz CT molecular complexity index is 941. The van der Waals surface area contributed by atoms with Crippen LogP contribution in [0.25, 0.3) is 10.9 Å². The van der Waals surface area contributed by atoms with Crippen molar-refractivity contribution >= 4 is 16.8 Å². The molecule has 0 unspecified atom stereocenters. The van der Waals surface area contributed by atoms with E-state index in [1.165, 1.54) is 5.56 Å². The quantitative estimate of drug-likeness (QED) is 0.752. The summed E-state index contributed by atoms with van der Waals surface area (Å²) in [4.78, 5) is 17.0. The molecule has 3 heterocycles. The molecular formula is C21H23N3O3. The van der Waals surface area contributed by atoms with Gasteiger partial charge in [-0.25, -0.2) is 0 Å². The summed E-state index contributed by atoms with van der Waals surface area (Å²) in [7, 11) is 0. The highest BCUT2D eigenvalue weighted by Gasteiger charge is 2.30. The molecule has 0 aliphatic carbocycles. The largest absolute Gasteiger partial charge is 0.379 e. The fourth-order valence-corrected chi connectivity index (χ4v) is 3.75. The molecule has 4 rings (SSSR count). The van der Waals surface area contributed by atoms with Crippen molar-refractivity contribution < 1.29 is 14.1 Å². The number of carbonyl (C=O) groups excluding carboxylic acids is 1. The molecule has 1 aromatic carbocycles. The van der Waals surface area contributed by atoms with Crippen LogP contribution in [0.1, 0.15) is 22.6 Å². The molecule has 0 bridgehead atoms. The summed E-state index contributed by atoms with van der Waals surface area (Å²) in [6, 6.07) is 10.2. The van der Waals surface area contributed by atoms with Gasteiger partial charge in [0.1, 0.15) is 5.76 Å². The number of rotatable bonds is 5. The van der Waals surface area contributed by atoms with Gasteiger partial charge in [0, 0.05) is 23.1 Å². The van der Waals surface area contributed by atoms with E-state index >= 15 is 0 Å². The predicted molar refractivity (Wildman–Crippen MR) is 101 cm³/mol. The molecular weight excluding hydrogens is 342 g/mol. The van der Waals surface area contributed by atoms with Crippen LogP contribution in [0.2, 0.25) is 0 Å². The number of hydrogen-bond donors (Lipinski definition) is 1. The van der Waals surface area contributed by atoms with Gasteiger partial charge in [-0.3, -0.25) is 9.78 Å². The van der Waals surface area contributed by atoms with Gasteiger partial charge in [0.25, 0.3) is 0 Å². The van der Waals surface area contributed by atoms with Crippen molar-refractivity contribution in [3.63, 3.8) is 0 Å². The van der Waals surface area contributed by atoms with Crippen LogP contribution in [-0.2, 0) is 22.4 Å². The van der Waals surface area contributed by atoms with E-state index in [9.17, 15) is 4.79 Å². The molecule has 6 nitrogen and oxygen atoms in total. The lowest BCUT2D eigenvalue weighted by Crippen LogP contribution is -2.41. The number of amides is 1. The van der Waals surface area contributed by atoms with Crippen LogP contribution in [0, 0.1) is 19.8 Å². The Morgan fingerprint density at radius 1 is 1.22 bits per heavy atom. The average molecular weight is 365 g/mol. The van der Waals surface area contributed by atoms with Crippen molar-refractivity contribution in [2.24, 2.45) is 5.92 Å². The van der Waals surface area contributed by atoms with Gasteiger partial charge < -0.3 is 14.6 Å². The van der Waals surface area contributed by atoms with Crippen molar-refractivity contribution in [1.82, 2.24) is 15.5 Å². The Morgan fingerprint density at radius 3 is 2.89 bits per heavy atom. The first kappa shape index (κ1) is 17.7. The van der Waals surface area contributed by atoms with E-state index in [2.05, 4.69) is 27.6 Å². The molecule has 1 N–H and O–H groups in total. The summed E-state index contributed by atoms with van der Waals surface area (Å²) in [6.45, 7) is 4.88.